The predicted molar refractivity (Wildman–Crippen MR) is 110 cm³/mol. The van der Waals surface area contributed by atoms with E-state index >= 15 is 0 Å². The zero-order valence-corrected chi connectivity index (χ0v) is 16.5. The van der Waals surface area contributed by atoms with Gasteiger partial charge >= 0.3 is 5.63 Å². The van der Waals surface area contributed by atoms with Gasteiger partial charge in [-0.2, -0.15) is 0 Å². The Balaban J connectivity index is 1.66. The molecule has 1 aromatic heterocycles. The number of halogens is 1. The van der Waals surface area contributed by atoms with Crippen LogP contribution >= 0.6 is 11.6 Å². The van der Waals surface area contributed by atoms with E-state index in [2.05, 4.69) is 43.4 Å². The number of aryl methyl sites for hydroxylation is 2. The average Bonchev–Trinajstić information content (AvgIpc) is 3.08. The smallest absolute Gasteiger partial charge is 0.336 e. The van der Waals surface area contributed by atoms with E-state index in [0.29, 0.717) is 18.0 Å². The number of hydrogen-bond donors (Lipinski definition) is 1. The van der Waals surface area contributed by atoms with Crippen molar-refractivity contribution in [2.24, 2.45) is 5.92 Å². The van der Waals surface area contributed by atoms with Crippen LogP contribution in [0, 0.1) is 5.92 Å². The summed E-state index contributed by atoms with van der Waals surface area (Å²) in [6.45, 7) is 5.00. The molecule has 0 unspecified atom stereocenters. The first-order valence-electron chi connectivity index (χ1n) is 9.58. The van der Waals surface area contributed by atoms with Gasteiger partial charge in [0.2, 0.25) is 0 Å². The lowest BCUT2D eigenvalue weighted by molar-refractivity contribution is 0.410. The number of fused-ring (bicyclic) bond motifs is 2. The molecule has 140 valence electrons. The van der Waals surface area contributed by atoms with E-state index in [0.717, 1.165) is 28.8 Å². The summed E-state index contributed by atoms with van der Waals surface area (Å²) < 4.78 is 5.48. The van der Waals surface area contributed by atoms with E-state index in [1.807, 2.05) is 12.1 Å². The summed E-state index contributed by atoms with van der Waals surface area (Å²) in [7, 11) is 0. The van der Waals surface area contributed by atoms with Crippen LogP contribution in [-0.2, 0) is 19.4 Å². The van der Waals surface area contributed by atoms with Gasteiger partial charge in [0.05, 0.1) is 0 Å². The molecule has 4 heteroatoms. The van der Waals surface area contributed by atoms with Gasteiger partial charge in [-0.25, -0.2) is 4.79 Å². The fraction of sp³-hybridized carbons (Fsp3) is 0.348. The normalized spacial score (nSPS) is 14.7. The van der Waals surface area contributed by atoms with Gasteiger partial charge in [-0.3, -0.25) is 0 Å². The van der Waals surface area contributed by atoms with Crippen molar-refractivity contribution >= 4 is 22.6 Å². The predicted octanol–water partition coefficient (Wildman–Crippen LogP) is 5.42. The van der Waals surface area contributed by atoms with E-state index in [9.17, 15) is 4.79 Å². The van der Waals surface area contributed by atoms with E-state index < -0.39 is 0 Å². The lowest BCUT2D eigenvalue weighted by atomic mass is 9.95. The molecule has 0 saturated heterocycles. The Morgan fingerprint density at radius 3 is 2.48 bits per heavy atom. The van der Waals surface area contributed by atoms with Crippen LogP contribution < -0.4 is 10.9 Å². The Bertz CT molecular complexity index is 1020. The van der Waals surface area contributed by atoms with Crippen LogP contribution in [0.3, 0.4) is 0 Å². The van der Waals surface area contributed by atoms with Gasteiger partial charge in [-0.05, 0) is 71.7 Å². The first kappa shape index (κ1) is 18.3. The van der Waals surface area contributed by atoms with Gasteiger partial charge in [0, 0.05) is 29.1 Å². The Hall–Kier alpha value is -2.10. The molecule has 0 spiro atoms. The van der Waals surface area contributed by atoms with Crippen molar-refractivity contribution in [3.63, 3.8) is 0 Å². The summed E-state index contributed by atoms with van der Waals surface area (Å²) in [5.41, 5.74) is 5.31. The topological polar surface area (TPSA) is 42.2 Å². The minimum Gasteiger partial charge on any atom is -0.423 e. The lowest BCUT2D eigenvalue weighted by Gasteiger charge is -2.23. The Morgan fingerprint density at radius 1 is 1.07 bits per heavy atom. The second kappa shape index (κ2) is 7.49. The molecule has 1 aliphatic carbocycles. The van der Waals surface area contributed by atoms with Gasteiger partial charge in [0.15, 0.2) is 0 Å². The zero-order valence-electron chi connectivity index (χ0n) is 15.7. The summed E-state index contributed by atoms with van der Waals surface area (Å²) in [6, 6.07) is 14.0. The Morgan fingerprint density at radius 2 is 1.78 bits per heavy atom. The molecular weight excluding hydrogens is 358 g/mol. The highest BCUT2D eigenvalue weighted by Crippen LogP contribution is 2.29. The van der Waals surface area contributed by atoms with E-state index in [1.165, 1.54) is 23.1 Å². The third-order valence-corrected chi connectivity index (χ3v) is 5.70. The maximum Gasteiger partial charge on any atom is 0.336 e. The van der Waals surface area contributed by atoms with Crippen molar-refractivity contribution in [3.05, 3.63) is 80.2 Å². The summed E-state index contributed by atoms with van der Waals surface area (Å²) >= 11 is 6.03. The lowest BCUT2D eigenvalue weighted by Crippen LogP contribution is -2.26. The average molecular weight is 382 g/mol. The first-order chi connectivity index (χ1) is 13.0. The van der Waals surface area contributed by atoms with Crippen molar-refractivity contribution in [2.75, 3.05) is 0 Å². The third-order valence-electron chi connectivity index (χ3n) is 5.45. The van der Waals surface area contributed by atoms with E-state index in [4.69, 9.17) is 16.0 Å². The van der Waals surface area contributed by atoms with Crippen LogP contribution in [0.5, 0.6) is 0 Å². The van der Waals surface area contributed by atoms with Crippen LogP contribution in [0.4, 0.5) is 0 Å². The number of nitrogens with one attached hydrogen (secondary N) is 1. The molecule has 3 nitrogen and oxygen atoms in total. The second-order valence-electron chi connectivity index (χ2n) is 7.72. The molecule has 1 heterocycles. The quantitative estimate of drug-likeness (QED) is 0.600. The molecular formula is C23H24ClNO2. The Kier molecular flexibility index (Phi) is 5.07. The van der Waals surface area contributed by atoms with Crippen LogP contribution in [0.15, 0.2) is 51.7 Å². The third kappa shape index (κ3) is 3.80. The summed E-state index contributed by atoms with van der Waals surface area (Å²) in [5, 5.41) is 5.42. The van der Waals surface area contributed by atoms with Crippen LogP contribution in [0.25, 0.3) is 11.0 Å². The molecule has 0 amide bonds. The molecule has 0 saturated carbocycles. The van der Waals surface area contributed by atoms with Crippen molar-refractivity contribution in [3.8, 4) is 0 Å². The molecule has 0 radical (unpaired) electrons. The van der Waals surface area contributed by atoms with Crippen molar-refractivity contribution in [1.29, 1.82) is 0 Å². The summed E-state index contributed by atoms with van der Waals surface area (Å²) in [4.78, 5) is 12.1. The number of hydrogen-bond acceptors (Lipinski definition) is 3. The van der Waals surface area contributed by atoms with Crippen molar-refractivity contribution in [1.82, 2.24) is 5.32 Å². The largest absolute Gasteiger partial charge is 0.423 e. The first-order valence-corrected chi connectivity index (χ1v) is 9.96. The highest BCUT2D eigenvalue weighted by atomic mass is 35.5. The minimum absolute atomic E-state index is 0.180. The molecule has 4 rings (SSSR count). The molecule has 0 fully saturated rings. The monoisotopic (exact) mass is 381 g/mol. The van der Waals surface area contributed by atoms with Gasteiger partial charge < -0.3 is 9.73 Å². The summed E-state index contributed by atoms with van der Waals surface area (Å²) in [5.74, 6) is 0.404. The van der Waals surface area contributed by atoms with Crippen LogP contribution in [0.2, 0.25) is 5.02 Å². The maximum absolute atomic E-state index is 12.1. The van der Waals surface area contributed by atoms with Gasteiger partial charge in [-0.15, -0.1) is 0 Å². The van der Waals surface area contributed by atoms with Gasteiger partial charge in [0.1, 0.15) is 5.58 Å². The van der Waals surface area contributed by atoms with E-state index in [1.54, 1.807) is 6.07 Å². The molecule has 27 heavy (non-hydrogen) atoms. The SMILES string of the molecule is CC(C)[C@H](NCc1cc(=O)oc2cc3c(cc12)CCC3)c1ccc(Cl)cc1. The van der Waals surface area contributed by atoms with Crippen LogP contribution in [0.1, 0.15) is 48.6 Å². The van der Waals surface area contributed by atoms with Crippen molar-refractivity contribution < 1.29 is 4.42 Å². The minimum atomic E-state index is -0.287. The Labute approximate surface area is 164 Å². The highest BCUT2D eigenvalue weighted by molar-refractivity contribution is 6.30. The molecule has 0 aliphatic heterocycles. The molecule has 0 bridgehead atoms. The molecule has 2 aromatic carbocycles. The maximum atomic E-state index is 12.1. The fourth-order valence-corrected chi connectivity index (χ4v) is 4.20. The van der Waals surface area contributed by atoms with Gasteiger partial charge in [0.25, 0.3) is 0 Å². The highest BCUT2D eigenvalue weighted by Gasteiger charge is 2.18. The number of rotatable bonds is 5. The second-order valence-corrected chi connectivity index (χ2v) is 8.15. The zero-order chi connectivity index (χ0) is 19.0. The molecule has 3 aromatic rings. The molecule has 1 aliphatic rings. The molecule has 1 atom stereocenters. The number of benzene rings is 2. The van der Waals surface area contributed by atoms with Crippen LogP contribution in [-0.4, -0.2) is 0 Å². The fourth-order valence-electron chi connectivity index (χ4n) is 4.07. The standard InChI is InChI=1S/C23H24ClNO2/c1-14(2)23(15-6-8-19(24)9-7-15)25-13-18-12-22(26)27-21-11-17-5-3-4-16(17)10-20(18)21/h6-12,14,23,25H,3-5,13H2,1-2H3/t23-/m0/s1. The van der Waals surface area contributed by atoms with Crippen molar-refractivity contribution in [2.45, 2.75) is 45.7 Å². The van der Waals surface area contributed by atoms with E-state index in [-0.39, 0.29) is 11.7 Å². The van der Waals surface area contributed by atoms with Gasteiger partial charge in [-0.1, -0.05) is 37.6 Å². The molecule has 1 N–H and O–H groups in total. The summed E-state index contributed by atoms with van der Waals surface area (Å²) in [6.07, 6.45) is 3.36.